The molecule has 3 aromatic carbocycles. The van der Waals surface area contributed by atoms with Crippen molar-refractivity contribution in [3.05, 3.63) is 95.6 Å². The van der Waals surface area contributed by atoms with Crippen molar-refractivity contribution in [2.75, 3.05) is 20.8 Å². The van der Waals surface area contributed by atoms with Crippen LogP contribution in [0.5, 0.6) is 11.5 Å². The molecule has 2 aliphatic rings. The SMILES string of the molecule is COc1ccccc1[C@H]1O[C@@H](c2ccccc2OC)N2C1C(=O)OC[C@@H]2c1ccccc1. The van der Waals surface area contributed by atoms with E-state index in [1.54, 1.807) is 14.2 Å². The molecule has 6 heteroatoms. The number of hydrogen-bond donors (Lipinski definition) is 0. The average molecular weight is 431 g/mol. The molecule has 2 heterocycles. The zero-order valence-corrected chi connectivity index (χ0v) is 18.0. The number of benzene rings is 3. The molecule has 5 rings (SSSR count). The van der Waals surface area contributed by atoms with Crippen LogP contribution in [0.2, 0.25) is 0 Å². The molecule has 0 aliphatic carbocycles. The lowest BCUT2D eigenvalue weighted by Gasteiger charge is -2.39. The van der Waals surface area contributed by atoms with Crippen molar-refractivity contribution >= 4 is 5.97 Å². The number of ether oxygens (including phenoxy) is 4. The molecule has 2 fully saturated rings. The fraction of sp³-hybridized carbons (Fsp3) is 0.269. The second-order valence-electron chi connectivity index (χ2n) is 7.84. The Balaban J connectivity index is 1.66. The van der Waals surface area contributed by atoms with Gasteiger partial charge in [-0.3, -0.25) is 4.79 Å². The molecule has 6 nitrogen and oxygen atoms in total. The first-order chi connectivity index (χ1) is 15.7. The number of esters is 1. The Morgan fingerprint density at radius 3 is 2.09 bits per heavy atom. The van der Waals surface area contributed by atoms with E-state index in [0.29, 0.717) is 11.5 Å². The van der Waals surface area contributed by atoms with Gasteiger partial charge < -0.3 is 18.9 Å². The van der Waals surface area contributed by atoms with Crippen LogP contribution >= 0.6 is 0 Å². The van der Waals surface area contributed by atoms with Crippen molar-refractivity contribution in [2.45, 2.75) is 24.4 Å². The molecule has 1 unspecified atom stereocenters. The molecule has 0 amide bonds. The molecule has 4 atom stereocenters. The second-order valence-corrected chi connectivity index (χ2v) is 7.84. The van der Waals surface area contributed by atoms with E-state index in [-0.39, 0.29) is 18.6 Å². The van der Waals surface area contributed by atoms with Crippen LogP contribution in [0.15, 0.2) is 78.9 Å². The molecule has 0 radical (unpaired) electrons. The molecule has 32 heavy (non-hydrogen) atoms. The number of nitrogens with zero attached hydrogens (tertiary/aromatic N) is 1. The van der Waals surface area contributed by atoms with Crippen LogP contribution in [0.1, 0.15) is 35.1 Å². The quantitative estimate of drug-likeness (QED) is 0.557. The second kappa shape index (κ2) is 8.65. The number of carbonyl (C=O) groups excluding carboxylic acids is 1. The maximum absolute atomic E-state index is 13.2. The number of cyclic esters (lactones) is 1. The van der Waals surface area contributed by atoms with E-state index in [0.717, 1.165) is 16.7 Å². The lowest BCUT2D eigenvalue weighted by molar-refractivity contribution is -0.163. The first kappa shape index (κ1) is 20.5. The minimum absolute atomic E-state index is 0.159. The van der Waals surface area contributed by atoms with Gasteiger partial charge in [-0.15, -0.1) is 0 Å². The van der Waals surface area contributed by atoms with E-state index in [1.807, 2.05) is 66.7 Å². The van der Waals surface area contributed by atoms with E-state index in [1.165, 1.54) is 0 Å². The third-order valence-corrected chi connectivity index (χ3v) is 6.17. The van der Waals surface area contributed by atoms with Crippen LogP contribution in [-0.4, -0.2) is 37.7 Å². The number of morpholine rings is 1. The molecule has 0 N–H and O–H groups in total. The fourth-order valence-electron chi connectivity index (χ4n) is 4.71. The molecule has 0 saturated carbocycles. The summed E-state index contributed by atoms with van der Waals surface area (Å²) in [5.41, 5.74) is 2.75. The molecule has 2 aliphatic heterocycles. The van der Waals surface area contributed by atoms with Gasteiger partial charge in [0.1, 0.15) is 36.5 Å². The van der Waals surface area contributed by atoms with E-state index >= 15 is 0 Å². The topological polar surface area (TPSA) is 57.2 Å². The van der Waals surface area contributed by atoms with Gasteiger partial charge in [0, 0.05) is 11.1 Å². The van der Waals surface area contributed by atoms with Gasteiger partial charge in [0.05, 0.1) is 20.3 Å². The largest absolute Gasteiger partial charge is 0.496 e. The van der Waals surface area contributed by atoms with Gasteiger partial charge in [0.15, 0.2) is 0 Å². The predicted octanol–water partition coefficient (Wildman–Crippen LogP) is 4.44. The summed E-state index contributed by atoms with van der Waals surface area (Å²) >= 11 is 0. The average Bonchev–Trinajstić information content (AvgIpc) is 3.26. The zero-order valence-electron chi connectivity index (χ0n) is 18.0. The van der Waals surface area contributed by atoms with Crippen molar-refractivity contribution in [1.82, 2.24) is 4.90 Å². The van der Waals surface area contributed by atoms with E-state index in [9.17, 15) is 4.79 Å². The number of fused-ring (bicyclic) bond motifs is 1. The minimum Gasteiger partial charge on any atom is -0.496 e. The third kappa shape index (κ3) is 3.42. The van der Waals surface area contributed by atoms with Gasteiger partial charge in [-0.25, -0.2) is 4.90 Å². The summed E-state index contributed by atoms with van der Waals surface area (Å²) in [5.74, 6) is 1.08. The lowest BCUT2D eigenvalue weighted by Crippen LogP contribution is -2.49. The van der Waals surface area contributed by atoms with Gasteiger partial charge in [0.2, 0.25) is 0 Å². The van der Waals surface area contributed by atoms with Crippen LogP contribution in [0.25, 0.3) is 0 Å². The Hall–Kier alpha value is -3.35. The monoisotopic (exact) mass is 431 g/mol. The Morgan fingerprint density at radius 1 is 0.812 bits per heavy atom. The Morgan fingerprint density at radius 2 is 1.41 bits per heavy atom. The lowest BCUT2D eigenvalue weighted by atomic mass is 9.95. The Bertz CT molecular complexity index is 1100. The normalized spacial score (nSPS) is 25.1. The Kier molecular flexibility index (Phi) is 5.55. The summed E-state index contributed by atoms with van der Waals surface area (Å²) < 4.78 is 23.6. The number of hydrogen-bond acceptors (Lipinski definition) is 6. The Labute approximate surface area is 187 Å². The summed E-state index contributed by atoms with van der Waals surface area (Å²) in [6.45, 7) is 0.257. The van der Waals surface area contributed by atoms with Crippen LogP contribution in [0, 0.1) is 0 Å². The third-order valence-electron chi connectivity index (χ3n) is 6.17. The summed E-state index contributed by atoms with van der Waals surface area (Å²) in [4.78, 5) is 15.3. The van der Waals surface area contributed by atoms with Crippen LogP contribution in [0.3, 0.4) is 0 Å². The summed E-state index contributed by atoms with van der Waals surface area (Å²) in [6.07, 6.45) is -1.05. The molecule has 0 spiro atoms. The fourth-order valence-corrected chi connectivity index (χ4v) is 4.71. The summed E-state index contributed by atoms with van der Waals surface area (Å²) in [5, 5.41) is 0. The van der Waals surface area contributed by atoms with Crippen molar-refractivity contribution in [3.8, 4) is 11.5 Å². The van der Waals surface area contributed by atoms with Crippen molar-refractivity contribution in [1.29, 1.82) is 0 Å². The van der Waals surface area contributed by atoms with Crippen molar-refractivity contribution in [3.63, 3.8) is 0 Å². The van der Waals surface area contributed by atoms with Gasteiger partial charge in [-0.2, -0.15) is 0 Å². The highest BCUT2D eigenvalue weighted by Crippen LogP contribution is 2.52. The van der Waals surface area contributed by atoms with Gasteiger partial charge in [-0.1, -0.05) is 66.7 Å². The van der Waals surface area contributed by atoms with Crippen molar-refractivity contribution < 1.29 is 23.7 Å². The summed E-state index contributed by atoms with van der Waals surface area (Å²) in [7, 11) is 3.26. The molecular formula is C26H25NO5. The van der Waals surface area contributed by atoms with E-state index in [2.05, 4.69) is 17.0 Å². The van der Waals surface area contributed by atoms with Crippen LogP contribution in [0.4, 0.5) is 0 Å². The number of para-hydroxylation sites is 2. The standard InChI is InChI=1S/C26H25NO5/c1-29-21-14-8-6-12-18(21)24-23-26(28)31-16-20(17-10-4-3-5-11-17)27(23)25(32-24)19-13-7-9-15-22(19)30-2/h3-15,20,23-25H,16H2,1-2H3/t20-,23?,24-,25+/m1/s1. The highest BCUT2D eigenvalue weighted by molar-refractivity contribution is 5.78. The molecule has 2 saturated heterocycles. The van der Waals surface area contributed by atoms with Crippen LogP contribution < -0.4 is 9.47 Å². The maximum atomic E-state index is 13.2. The van der Waals surface area contributed by atoms with Gasteiger partial charge >= 0.3 is 5.97 Å². The molecule has 0 aromatic heterocycles. The van der Waals surface area contributed by atoms with E-state index in [4.69, 9.17) is 18.9 Å². The number of carbonyl (C=O) groups is 1. The van der Waals surface area contributed by atoms with E-state index < -0.39 is 18.4 Å². The zero-order chi connectivity index (χ0) is 22.1. The first-order valence-electron chi connectivity index (χ1n) is 10.6. The van der Waals surface area contributed by atoms with Crippen molar-refractivity contribution in [2.24, 2.45) is 0 Å². The summed E-state index contributed by atoms with van der Waals surface area (Å²) in [6, 6.07) is 24.7. The number of rotatable bonds is 5. The highest BCUT2D eigenvalue weighted by Gasteiger charge is 2.55. The molecular weight excluding hydrogens is 406 g/mol. The highest BCUT2D eigenvalue weighted by atomic mass is 16.6. The van der Waals surface area contributed by atoms with Gasteiger partial charge in [-0.05, 0) is 17.7 Å². The van der Waals surface area contributed by atoms with Crippen LogP contribution in [-0.2, 0) is 14.3 Å². The number of methoxy groups -OCH3 is 2. The predicted molar refractivity (Wildman–Crippen MR) is 118 cm³/mol. The maximum Gasteiger partial charge on any atom is 0.326 e. The minimum atomic E-state index is -0.625. The molecule has 3 aromatic rings. The molecule has 0 bridgehead atoms. The smallest absolute Gasteiger partial charge is 0.326 e. The van der Waals surface area contributed by atoms with Gasteiger partial charge in [0.25, 0.3) is 0 Å². The first-order valence-corrected chi connectivity index (χ1v) is 10.6. The molecule has 164 valence electrons.